The fourth-order valence-electron chi connectivity index (χ4n) is 3.09. The molecule has 0 saturated carbocycles. The average Bonchev–Trinajstić information content (AvgIpc) is 2.58. The van der Waals surface area contributed by atoms with Crippen LogP contribution in [0.5, 0.6) is 0 Å². The third-order valence-corrected chi connectivity index (χ3v) is 10.1. The molecular formula is C18H29NOSi. The van der Waals surface area contributed by atoms with Crippen molar-refractivity contribution in [2.45, 2.75) is 38.9 Å². The lowest BCUT2D eigenvalue weighted by Gasteiger charge is -2.30. The molecule has 1 aromatic carbocycles. The summed E-state index contributed by atoms with van der Waals surface area (Å²) < 4.78 is 5.47. The lowest BCUT2D eigenvalue weighted by atomic mass is 10.1. The van der Waals surface area contributed by atoms with Crippen LogP contribution >= 0.6 is 0 Å². The molecule has 1 saturated heterocycles. The second kappa shape index (κ2) is 7.81. The number of anilines is 1. The van der Waals surface area contributed by atoms with Gasteiger partial charge >= 0.3 is 0 Å². The zero-order valence-corrected chi connectivity index (χ0v) is 14.8. The van der Waals surface area contributed by atoms with Gasteiger partial charge in [-0.2, -0.15) is 0 Å². The lowest BCUT2D eigenvalue weighted by molar-refractivity contribution is 0.122. The van der Waals surface area contributed by atoms with Gasteiger partial charge < -0.3 is 9.64 Å². The highest BCUT2D eigenvalue weighted by Crippen LogP contribution is 2.26. The smallest absolute Gasteiger partial charge is 0.0770 e. The van der Waals surface area contributed by atoms with Crippen LogP contribution in [0.4, 0.5) is 5.69 Å². The number of nitrogens with zero attached hydrogens (tertiary/aromatic N) is 1. The Kier molecular flexibility index (Phi) is 6.06. The van der Waals surface area contributed by atoms with Gasteiger partial charge in [0, 0.05) is 18.8 Å². The minimum Gasteiger partial charge on any atom is -0.378 e. The van der Waals surface area contributed by atoms with Crippen molar-refractivity contribution in [3.05, 3.63) is 35.5 Å². The quantitative estimate of drug-likeness (QED) is 0.713. The second-order valence-corrected chi connectivity index (χ2v) is 11.1. The standard InChI is InChI=1S/C18H29NOSi/c1-4-21(5-2,6-3)16-11-17-9-7-8-10-18(17)19-12-14-20-15-13-19/h7-11,16H,4-6,12-15H2,1-3H3/b16-11+. The van der Waals surface area contributed by atoms with Gasteiger partial charge in [-0.1, -0.05) is 68.9 Å². The van der Waals surface area contributed by atoms with E-state index in [4.69, 9.17) is 4.74 Å². The van der Waals surface area contributed by atoms with Gasteiger partial charge in [0.15, 0.2) is 0 Å². The van der Waals surface area contributed by atoms with Crippen LogP contribution in [-0.2, 0) is 4.74 Å². The molecule has 1 fully saturated rings. The van der Waals surface area contributed by atoms with Crippen LogP contribution in [0.1, 0.15) is 26.3 Å². The van der Waals surface area contributed by atoms with Gasteiger partial charge in [0.2, 0.25) is 0 Å². The van der Waals surface area contributed by atoms with E-state index in [1.807, 2.05) is 0 Å². The van der Waals surface area contributed by atoms with E-state index in [0.29, 0.717) is 0 Å². The van der Waals surface area contributed by atoms with E-state index in [-0.39, 0.29) is 0 Å². The summed E-state index contributed by atoms with van der Waals surface area (Å²) in [4.78, 5) is 2.45. The molecule has 0 amide bonds. The second-order valence-electron chi connectivity index (χ2n) is 5.91. The van der Waals surface area contributed by atoms with Crippen molar-refractivity contribution in [2.75, 3.05) is 31.2 Å². The van der Waals surface area contributed by atoms with Gasteiger partial charge in [-0.05, 0) is 11.6 Å². The van der Waals surface area contributed by atoms with Crippen molar-refractivity contribution in [1.29, 1.82) is 0 Å². The molecule has 0 aliphatic carbocycles. The zero-order valence-electron chi connectivity index (χ0n) is 13.8. The molecule has 116 valence electrons. The van der Waals surface area contributed by atoms with E-state index in [1.165, 1.54) is 29.4 Å². The first kappa shape index (κ1) is 16.3. The van der Waals surface area contributed by atoms with Crippen molar-refractivity contribution >= 4 is 19.8 Å². The van der Waals surface area contributed by atoms with E-state index in [2.05, 4.69) is 61.7 Å². The first-order valence-electron chi connectivity index (χ1n) is 8.35. The predicted molar refractivity (Wildman–Crippen MR) is 95.7 cm³/mol. The summed E-state index contributed by atoms with van der Waals surface area (Å²) in [5, 5.41) is 0. The molecule has 0 radical (unpaired) electrons. The van der Waals surface area contributed by atoms with E-state index in [1.54, 1.807) is 0 Å². The Morgan fingerprint density at radius 2 is 1.67 bits per heavy atom. The Balaban J connectivity index is 2.23. The summed E-state index contributed by atoms with van der Waals surface area (Å²) in [5.41, 5.74) is 5.31. The molecule has 1 aliphatic rings. The molecule has 1 heterocycles. The number of hydrogen-bond donors (Lipinski definition) is 0. The highest BCUT2D eigenvalue weighted by Gasteiger charge is 2.23. The molecule has 0 aromatic heterocycles. The molecule has 0 N–H and O–H groups in total. The van der Waals surface area contributed by atoms with Gasteiger partial charge in [0.05, 0.1) is 21.3 Å². The molecule has 0 bridgehead atoms. The minimum atomic E-state index is -1.20. The number of benzene rings is 1. The Labute approximate surface area is 130 Å². The van der Waals surface area contributed by atoms with E-state index < -0.39 is 8.07 Å². The first-order valence-corrected chi connectivity index (χ1v) is 11.1. The maximum atomic E-state index is 5.47. The summed E-state index contributed by atoms with van der Waals surface area (Å²) in [7, 11) is -1.20. The van der Waals surface area contributed by atoms with Crippen LogP contribution in [0.3, 0.4) is 0 Å². The van der Waals surface area contributed by atoms with Crippen LogP contribution in [0.15, 0.2) is 30.0 Å². The van der Waals surface area contributed by atoms with Crippen molar-refractivity contribution in [3.63, 3.8) is 0 Å². The highest BCUT2D eigenvalue weighted by molar-refractivity contribution is 6.84. The van der Waals surface area contributed by atoms with E-state index in [0.717, 1.165) is 26.3 Å². The average molecular weight is 304 g/mol. The zero-order chi connectivity index (χ0) is 15.1. The molecule has 0 unspecified atom stereocenters. The first-order chi connectivity index (χ1) is 10.2. The molecule has 1 aliphatic heterocycles. The molecule has 0 spiro atoms. The van der Waals surface area contributed by atoms with Gasteiger partial charge in [-0.25, -0.2) is 0 Å². The van der Waals surface area contributed by atoms with Crippen LogP contribution in [0, 0.1) is 0 Å². The largest absolute Gasteiger partial charge is 0.378 e. The van der Waals surface area contributed by atoms with Crippen molar-refractivity contribution in [3.8, 4) is 0 Å². The molecule has 1 aromatic rings. The van der Waals surface area contributed by atoms with Crippen molar-refractivity contribution < 1.29 is 4.74 Å². The highest BCUT2D eigenvalue weighted by atomic mass is 28.3. The summed E-state index contributed by atoms with van der Waals surface area (Å²) in [6.07, 6.45) is 2.40. The number of morpholine rings is 1. The van der Waals surface area contributed by atoms with E-state index >= 15 is 0 Å². The van der Waals surface area contributed by atoms with Gasteiger partial charge in [-0.15, -0.1) is 0 Å². The maximum Gasteiger partial charge on any atom is 0.0770 e. The van der Waals surface area contributed by atoms with Crippen LogP contribution < -0.4 is 4.90 Å². The lowest BCUT2D eigenvalue weighted by Crippen LogP contribution is -2.36. The van der Waals surface area contributed by atoms with Gasteiger partial charge in [0.25, 0.3) is 0 Å². The Bertz CT molecular complexity index is 454. The molecule has 2 rings (SSSR count). The third kappa shape index (κ3) is 3.98. The van der Waals surface area contributed by atoms with E-state index in [9.17, 15) is 0 Å². The summed E-state index contributed by atoms with van der Waals surface area (Å²) in [6.45, 7) is 10.8. The van der Waals surface area contributed by atoms with Gasteiger partial charge in [0.1, 0.15) is 0 Å². The fourth-order valence-corrected chi connectivity index (χ4v) is 5.83. The van der Waals surface area contributed by atoms with Crippen LogP contribution in [0.25, 0.3) is 6.08 Å². The third-order valence-electron chi connectivity index (χ3n) is 5.02. The number of para-hydroxylation sites is 1. The molecule has 2 nitrogen and oxygen atoms in total. The molecular weight excluding hydrogens is 274 g/mol. The molecule has 3 heteroatoms. The van der Waals surface area contributed by atoms with Crippen LogP contribution in [0.2, 0.25) is 18.1 Å². The topological polar surface area (TPSA) is 12.5 Å². The van der Waals surface area contributed by atoms with Gasteiger partial charge in [-0.3, -0.25) is 0 Å². The number of hydrogen-bond acceptors (Lipinski definition) is 2. The predicted octanol–water partition coefficient (Wildman–Crippen LogP) is 4.58. The Morgan fingerprint density at radius 1 is 1.05 bits per heavy atom. The summed E-state index contributed by atoms with van der Waals surface area (Å²) in [6, 6.07) is 12.8. The Hall–Kier alpha value is -1.06. The number of ether oxygens (including phenoxy) is 1. The van der Waals surface area contributed by atoms with Crippen LogP contribution in [-0.4, -0.2) is 34.4 Å². The normalized spacial score (nSPS) is 16.6. The number of rotatable bonds is 6. The van der Waals surface area contributed by atoms with Crippen molar-refractivity contribution in [2.24, 2.45) is 0 Å². The minimum absolute atomic E-state index is 0.843. The monoisotopic (exact) mass is 303 g/mol. The van der Waals surface area contributed by atoms with Crippen molar-refractivity contribution in [1.82, 2.24) is 0 Å². The summed E-state index contributed by atoms with van der Waals surface area (Å²) >= 11 is 0. The fraction of sp³-hybridized carbons (Fsp3) is 0.556. The Morgan fingerprint density at radius 3 is 2.29 bits per heavy atom. The SMILES string of the molecule is CC[Si](/C=C/c1ccccc1N1CCOCC1)(CC)CC. The summed E-state index contributed by atoms with van der Waals surface area (Å²) in [5.74, 6) is 0. The molecule has 0 atom stereocenters. The maximum absolute atomic E-state index is 5.47. The molecule has 21 heavy (non-hydrogen) atoms.